The first-order valence-corrected chi connectivity index (χ1v) is 5.79. The van der Waals surface area contributed by atoms with E-state index in [9.17, 15) is 0 Å². The Hall–Kier alpha value is -0.860. The third-order valence-electron chi connectivity index (χ3n) is 3.02. The van der Waals surface area contributed by atoms with Crippen molar-refractivity contribution in [1.29, 1.82) is 0 Å². The Kier molecular flexibility index (Phi) is 3.39. The Balaban J connectivity index is 2.05. The Morgan fingerprint density at radius 1 is 1.20 bits per heavy atom. The summed E-state index contributed by atoms with van der Waals surface area (Å²) in [5.41, 5.74) is 1.40. The van der Waals surface area contributed by atoms with Crippen LogP contribution in [0.1, 0.15) is 25.5 Å². The molecule has 1 aromatic carbocycles. The van der Waals surface area contributed by atoms with Crippen LogP contribution in [0.25, 0.3) is 0 Å². The van der Waals surface area contributed by atoms with Crippen LogP contribution in [0.15, 0.2) is 30.3 Å². The van der Waals surface area contributed by atoms with Gasteiger partial charge in [0.1, 0.15) is 0 Å². The van der Waals surface area contributed by atoms with Crippen LogP contribution in [0.5, 0.6) is 0 Å². The Morgan fingerprint density at radius 3 is 2.33 bits per heavy atom. The SMILES string of the molecule is CC(C)C(NC1CNC1)c1ccccc1. The van der Waals surface area contributed by atoms with Gasteiger partial charge in [-0.25, -0.2) is 0 Å². The van der Waals surface area contributed by atoms with E-state index in [4.69, 9.17) is 0 Å². The minimum absolute atomic E-state index is 0.485. The van der Waals surface area contributed by atoms with E-state index in [0.29, 0.717) is 18.0 Å². The van der Waals surface area contributed by atoms with Crippen LogP contribution >= 0.6 is 0 Å². The summed E-state index contributed by atoms with van der Waals surface area (Å²) in [6, 6.07) is 11.9. The molecule has 2 rings (SSSR count). The molecule has 1 fully saturated rings. The minimum atomic E-state index is 0.485. The minimum Gasteiger partial charge on any atom is -0.314 e. The number of rotatable bonds is 4. The highest BCUT2D eigenvalue weighted by Gasteiger charge is 2.23. The average molecular weight is 204 g/mol. The van der Waals surface area contributed by atoms with Gasteiger partial charge in [-0.2, -0.15) is 0 Å². The van der Waals surface area contributed by atoms with Crippen LogP contribution in [0.4, 0.5) is 0 Å². The fraction of sp³-hybridized carbons (Fsp3) is 0.538. The lowest BCUT2D eigenvalue weighted by Crippen LogP contribution is -2.56. The van der Waals surface area contributed by atoms with Gasteiger partial charge in [-0.3, -0.25) is 0 Å². The van der Waals surface area contributed by atoms with Crippen molar-refractivity contribution in [3.05, 3.63) is 35.9 Å². The normalized spacial score (nSPS) is 18.9. The topological polar surface area (TPSA) is 24.1 Å². The second kappa shape index (κ2) is 4.77. The molecule has 0 aromatic heterocycles. The fourth-order valence-corrected chi connectivity index (χ4v) is 1.99. The molecule has 0 bridgehead atoms. The lowest BCUT2D eigenvalue weighted by atomic mass is 9.94. The van der Waals surface area contributed by atoms with Gasteiger partial charge in [0.2, 0.25) is 0 Å². The van der Waals surface area contributed by atoms with Crippen LogP contribution in [0, 0.1) is 5.92 Å². The van der Waals surface area contributed by atoms with Crippen molar-refractivity contribution in [2.75, 3.05) is 13.1 Å². The summed E-state index contributed by atoms with van der Waals surface area (Å²) in [5.74, 6) is 0.632. The first kappa shape index (κ1) is 10.7. The smallest absolute Gasteiger partial charge is 0.0346 e. The predicted molar refractivity (Wildman–Crippen MR) is 63.8 cm³/mol. The van der Waals surface area contributed by atoms with E-state index in [0.717, 1.165) is 13.1 Å². The highest BCUT2D eigenvalue weighted by molar-refractivity contribution is 5.19. The first-order chi connectivity index (χ1) is 7.27. The molecule has 1 atom stereocenters. The largest absolute Gasteiger partial charge is 0.314 e. The lowest BCUT2D eigenvalue weighted by molar-refractivity contribution is 0.292. The molecular weight excluding hydrogens is 184 g/mol. The molecule has 0 aliphatic carbocycles. The molecule has 1 aromatic rings. The van der Waals surface area contributed by atoms with Gasteiger partial charge < -0.3 is 10.6 Å². The molecule has 0 radical (unpaired) electrons. The van der Waals surface area contributed by atoms with Crippen LogP contribution in [-0.2, 0) is 0 Å². The maximum absolute atomic E-state index is 3.71. The highest BCUT2D eigenvalue weighted by Crippen LogP contribution is 2.22. The van der Waals surface area contributed by atoms with E-state index < -0.39 is 0 Å². The maximum Gasteiger partial charge on any atom is 0.0346 e. The molecule has 1 unspecified atom stereocenters. The molecule has 82 valence electrons. The van der Waals surface area contributed by atoms with Crippen molar-refractivity contribution in [3.8, 4) is 0 Å². The molecule has 0 amide bonds. The molecule has 15 heavy (non-hydrogen) atoms. The van der Waals surface area contributed by atoms with Crippen molar-refractivity contribution in [2.24, 2.45) is 5.92 Å². The van der Waals surface area contributed by atoms with E-state index in [2.05, 4.69) is 54.8 Å². The van der Waals surface area contributed by atoms with Gasteiger partial charge in [-0.1, -0.05) is 44.2 Å². The van der Waals surface area contributed by atoms with Gasteiger partial charge in [-0.05, 0) is 11.5 Å². The summed E-state index contributed by atoms with van der Waals surface area (Å²) >= 11 is 0. The lowest BCUT2D eigenvalue weighted by Gasteiger charge is -2.34. The first-order valence-electron chi connectivity index (χ1n) is 5.79. The zero-order chi connectivity index (χ0) is 10.7. The summed E-state index contributed by atoms with van der Waals surface area (Å²) in [5, 5.41) is 7.00. The number of nitrogens with one attached hydrogen (secondary N) is 2. The number of hydrogen-bond donors (Lipinski definition) is 2. The summed E-state index contributed by atoms with van der Waals surface area (Å²) in [7, 11) is 0. The maximum atomic E-state index is 3.71. The number of hydrogen-bond acceptors (Lipinski definition) is 2. The fourth-order valence-electron chi connectivity index (χ4n) is 1.99. The second-order valence-corrected chi connectivity index (χ2v) is 4.65. The predicted octanol–water partition coefficient (Wildman–Crippen LogP) is 1.95. The molecule has 1 aliphatic rings. The summed E-state index contributed by atoms with van der Waals surface area (Å²) in [6.07, 6.45) is 0. The summed E-state index contributed by atoms with van der Waals surface area (Å²) in [4.78, 5) is 0. The van der Waals surface area contributed by atoms with Gasteiger partial charge in [0.15, 0.2) is 0 Å². The molecule has 0 saturated carbocycles. The van der Waals surface area contributed by atoms with E-state index in [1.807, 2.05) is 0 Å². The van der Waals surface area contributed by atoms with Crippen molar-refractivity contribution >= 4 is 0 Å². The van der Waals surface area contributed by atoms with Gasteiger partial charge in [0.25, 0.3) is 0 Å². The van der Waals surface area contributed by atoms with E-state index in [-0.39, 0.29) is 0 Å². The van der Waals surface area contributed by atoms with Crippen molar-refractivity contribution in [3.63, 3.8) is 0 Å². The zero-order valence-corrected chi connectivity index (χ0v) is 9.53. The molecule has 2 N–H and O–H groups in total. The molecule has 1 aliphatic heterocycles. The van der Waals surface area contributed by atoms with Gasteiger partial charge in [-0.15, -0.1) is 0 Å². The van der Waals surface area contributed by atoms with Crippen LogP contribution < -0.4 is 10.6 Å². The Bertz CT molecular complexity index is 291. The molecule has 0 spiro atoms. The van der Waals surface area contributed by atoms with E-state index in [1.54, 1.807) is 0 Å². The van der Waals surface area contributed by atoms with E-state index >= 15 is 0 Å². The van der Waals surface area contributed by atoms with Crippen LogP contribution in [0.2, 0.25) is 0 Å². The van der Waals surface area contributed by atoms with Crippen molar-refractivity contribution in [1.82, 2.24) is 10.6 Å². The Morgan fingerprint density at radius 2 is 1.87 bits per heavy atom. The van der Waals surface area contributed by atoms with Crippen molar-refractivity contribution in [2.45, 2.75) is 25.9 Å². The summed E-state index contributed by atoms with van der Waals surface area (Å²) in [6.45, 7) is 6.76. The number of benzene rings is 1. The molecule has 1 heterocycles. The molecule has 1 saturated heterocycles. The van der Waals surface area contributed by atoms with Crippen LogP contribution in [-0.4, -0.2) is 19.1 Å². The van der Waals surface area contributed by atoms with E-state index in [1.165, 1.54) is 5.56 Å². The highest BCUT2D eigenvalue weighted by atomic mass is 15.1. The average Bonchev–Trinajstić information content (AvgIpc) is 2.17. The quantitative estimate of drug-likeness (QED) is 0.783. The van der Waals surface area contributed by atoms with Gasteiger partial charge in [0.05, 0.1) is 0 Å². The standard InChI is InChI=1S/C13H20N2/c1-10(2)13(15-12-8-14-9-12)11-6-4-3-5-7-11/h3-7,10,12-15H,8-9H2,1-2H3. The molecule has 2 heteroatoms. The third-order valence-corrected chi connectivity index (χ3v) is 3.02. The van der Waals surface area contributed by atoms with Gasteiger partial charge >= 0.3 is 0 Å². The van der Waals surface area contributed by atoms with Crippen LogP contribution in [0.3, 0.4) is 0 Å². The molecular formula is C13H20N2. The Labute approximate surface area is 92.1 Å². The third kappa shape index (κ3) is 2.58. The zero-order valence-electron chi connectivity index (χ0n) is 9.53. The summed E-state index contributed by atoms with van der Waals surface area (Å²) < 4.78 is 0. The van der Waals surface area contributed by atoms with Crippen molar-refractivity contribution < 1.29 is 0 Å². The second-order valence-electron chi connectivity index (χ2n) is 4.65. The monoisotopic (exact) mass is 204 g/mol. The molecule has 2 nitrogen and oxygen atoms in total. The van der Waals surface area contributed by atoms with Gasteiger partial charge in [0, 0.05) is 25.2 Å².